The van der Waals surface area contributed by atoms with Crippen LogP contribution in [0.15, 0.2) is 46.5 Å². The highest BCUT2D eigenvalue weighted by Crippen LogP contribution is 2.26. The van der Waals surface area contributed by atoms with Gasteiger partial charge in [0.1, 0.15) is 11.4 Å². The van der Waals surface area contributed by atoms with Crippen molar-refractivity contribution in [1.82, 2.24) is 19.8 Å². The second-order valence-corrected chi connectivity index (χ2v) is 7.36. The molecule has 4 aromatic rings. The molecule has 0 amide bonds. The molecule has 1 unspecified atom stereocenters. The molecule has 0 saturated carbocycles. The van der Waals surface area contributed by atoms with Gasteiger partial charge in [0, 0.05) is 22.4 Å². The Morgan fingerprint density at radius 3 is 2.88 bits per heavy atom. The maximum Gasteiger partial charge on any atom is 0.186 e. The van der Waals surface area contributed by atoms with Gasteiger partial charge in [0.05, 0.1) is 0 Å². The van der Waals surface area contributed by atoms with Crippen LogP contribution in [0.1, 0.15) is 11.8 Å². The third kappa shape index (κ3) is 2.79. The highest BCUT2D eigenvalue weighted by Gasteiger charge is 2.24. The average molecular weight is 357 g/mol. The van der Waals surface area contributed by atoms with Crippen molar-refractivity contribution >= 4 is 34.1 Å². The molecular formula is C16H15N5OS2. The Bertz CT molecular complexity index is 944. The summed E-state index contributed by atoms with van der Waals surface area (Å²) in [6.07, 6.45) is 0. The van der Waals surface area contributed by atoms with Crippen LogP contribution >= 0.6 is 22.7 Å². The fourth-order valence-electron chi connectivity index (χ4n) is 2.39. The predicted octanol–water partition coefficient (Wildman–Crippen LogP) is 3.23. The summed E-state index contributed by atoms with van der Waals surface area (Å²) in [5.74, 6) is 1.37. The summed E-state index contributed by atoms with van der Waals surface area (Å²) < 4.78 is 1.71. The Hall–Kier alpha value is -2.29. The van der Waals surface area contributed by atoms with Crippen LogP contribution in [0.4, 0.5) is 5.82 Å². The van der Waals surface area contributed by atoms with Crippen LogP contribution in [-0.4, -0.2) is 31.5 Å². The molecule has 0 radical (unpaired) electrons. The molecule has 0 aliphatic carbocycles. The van der Waals surface area contributed by atoms with E-state index in [1.807, 2.05) is 46.5 Å². The summed E-state index contributed by atoms with van der Waals surface area (Å²) in [5, 5.41) is 32.7. The summed E-state index contributed by atoms with van der Waals surface area (Å²) in [7, 11) is 0. The van der Waals surface area contributed by atoms with Crippen molar-refractivity contribution in [2.45, 2.75) is 12.5 Å². The van der Waals surface area contributed by atoms with Gasteiger partial charge < -0.3 is 10.4 Å². The van der Waals surface area contributed by atoms with Crippen molar-refractivity contribution < 1.29 is 5.11 Å². The van der Waals surface area contributed by atoms with E-state index in [2.05, 4.69) is 20.6 Å². The van der Waals surface area contributed by atoms with Crippen LogP contribution in [0.3, 0.4) is 0 Å². The number of aliphatic hydroxyl groups is 1. The van der Waals surface area contributed by atoms with E-state index in [1.54, 1.807) is 22.8 Å². The van der Waals surface area contributed by atoms with Crippen molar-refractivity contribution in [2.75, 3.05) is 11.9 Å². The van der Waals surface area contributed by atoms with Crippen molar-refractivity contribution in [1.29, 1.82) is 0 Å². The fraction of sp³-hybridized carbons (Fsp3) is 0.188. The lowest BCUT2D eigenvalue weighted by Crippen LogP contribution is -2.30. The molecule has 0 aromatic carbocycles. The molecular weight excluding hydrogens is 342 g/mol. The van der Waals surface area contributed by atoms with Crippen molar-refractivity contribution in [2.24, 2.45) is 0 Å². The first-order chi connectivity index (χ1) is 11.6. The number of rotatable bonds is 5. The molecule has 4 aromatic heterocycles. The summed E-state index contributed by atoms with van der Waals surface area (Å²) in [6.45, 7) is 2.15. The molecule has 8 heteroatoms. The zero-order valence-electron chi connectivity index (χ0n) is 12.9. The van der Waals surface area contributed by atoms with Gasteiger partial charge in [-0.15, -0.1) is 26.6 Å². The highest BCUT2D eigenvalue weighted by molar-refractivity contribution is 7.10. The molecule has 0 saturated heterocycles. The Morgan fingerprint density at radius 1 is 1.21 bits per heavy atom. The number of hydrogen-bond donors (Lipinski definition) is 2. The number of hydrogen-bond acceptors (Lipinski definition) is 7. The normalized spacial score (nSPS) is 13.9. The average Bonchev–Trinajstić information content (AvgIpc) is 3.32. The number of anilines is 1. The second-order valence-electron chi connectivity index (χ2n) is 5.63. The van der Waals surface area contributed by atoms with Gasteiger partial charge in [-0.1, -0.05) is 6.07 Å². The van der Waals surface area contributed by atoms with Gasteiger partial charge >= 0.3 is 0 Å². The summed E-state index contributed by atoms with van der Waals surface area (Å²) in [6, 6.07) is 9.55. The number of thiophene rings is 2. The van der Waals surface area contributed by atoms with E-state index in [0.29, 0.717) is 23.8 Å². The van der Waals surface area contributed by atoms with Crippen molar-refractivity contribution in [3.8, 4) is 11.4 Å². The first kappa shape index (κ1) is 15.3. The largest absolute Gasteiger partial charge is 0.383 e. The highest BCUT2D eigenvalue weighted by atomic mass is 32.1. The minimum absolute atomic E-state index is 0.363. The molecule has 0 aliphatic rings. The third-order valence-corrected chi connectivity index (χ3v) is 5.51. The smallest absolute Gasteiger partial charge is 0.186 e. The van der Waals surface area contributed by atoms with Gasteiger partial charge in [0.2, 0.25) is 0 Å². The minimum Gasteiger partial charge on any atom is -0.383 e. The third-order valence-electron chi connectivity index (χ3n) is 3.71. The summed E-state index contributed by atoms with van der Waals surface area (Å²) >= 11 is 3.14. The molecule has 122 valence electrons. The number of nitrogens with zero attached hydrogens (tertiary/aromatic N) is 4. The van der Waals surface area contributed by atoms with E-state index in [-0.39, 0.29) is 0 Å². The van der Waals surface area contributed by atoms with E-state index in [9.17, 15) is 5.11 Å². The fourth-order valence-corrected chi connectivity index (χ4v) is 3.81. The quantitative estimate of drug-likeness (QED) is 0.573. The van der Waals surface area contributed by atoms with E-state index in [0.717, 1.165) is 10.4 Å². The lowest BCUT2D eigenvalue weighted by molar-refractivity contribution is 0.0753. The molecule has 24 heavy (non-hydrogen) atoms. The number of nitrogens with one attached hydrogen (secondary N) is 1. The van der Waals surface area contributed by atoms with Crippen molar-refractivity contribution in [3.63, 3.8) is 0 Å². The first-order valence-electron chi connectivity index (χ1n) is 7.39. The second kappa shape index (κ2) is 5.97. The molecule has 6 nitrogen and oxygen atoms in total. The Kier molecular flexibility index (Phi) is 3.79. The maximum absolute atomic E-state index is 10.6. The zero-order valence-corrected chi connectivity index (χ0v) is 14.5. The van der Waals surface area contributed by atoms with Crippen LogP contribution in [0.25, 0.3) is 17.0 Å². The monoisotopic (exact) mass is 357 g/mol. The van der Waals surface area contributed by atoms with Crippen LogP contribution < -0.4 is 5.32 Å². The van der Waals surface area contributed by atoms with Crippen LogP contribution in [-0.2, 0) is 5.60 Å². The Labute approximate surface area is 146 Å². The van der Waals surface area contributed by atoms with Crippen LogP contribution in [0.2, 0.25) is 0 Å². The van der Waals surface area contributed by atoms with Gasteiger partial charge in [-0.05, 0) is 41.9 Å². The van der Waals surface area contributed by atoms with Crippen LogP contribution in [0, 0.1) is 0 Å². The van der Waals surface area contributed by atoms with Crippen molar-refractivity contribution in [3.05, 3.63) is 51.3 Å². The minimum atomic E-state index is -0.950. The molecule has 0 fully saturated rings. The SMILES string of the molecule is CC(O)(CNc1ccc2nnc(-c3ccsc3)n2n1)c1cccs1. The van der Waals surface area contributed by atoms with Gasteiger partial charge in [-0.25, -0.2) is 0 Å². The van der Waals surface area contributed by atoms with Crippen LogP contribution in [0.5, 0.6) is 0 Å². The van der Waals surface area contributed by atoms with Gasteiger partial charge in [0.25, 0.3) is 0 Å². The van der Waals surface area contributed by atoms with Gasteiger partial charge in [-0.2, -0.15) is 15.9 Å². The molecule has 4 heterocycles. The van der Waals surface area contributed by atoms with Gasteiger partial charge in [-0.3, -0.25) is 0 Å². The lowest BCUT2D eigenvalue weighted by atomic mass is 10.1. The summed E-state index contributed by atoms with van der Waals surface area (Å²) in [5.41, 5.74) is 0.725. The summed E-state index contributed by atoms with van der Waals surface area (Å²) in [4.78, 5) is 0.916. The lowest BCUT2D eigenvalue weighted by Gasteiger charge is -2.22. The topological polar surface area (TPSA) is 75.3 Å². The number of fused-ring (bicyclic) bond motifs is 1. The van der Waals surface area contributed by atoms with E-state index in [1.165, 1.54) is 11.3 Å². The van der Waals surface area contributed by atoms with E-state index >= 15 is 0 Å². The van der Waals surface area contributed by atoms with E-state index in [4.69, 9.17) is 0 Å². The van der Waals surface area contributed by atoms with E-state index < -0.39 is 5.60 Å². The first-order valence-corrected chi connectivity index (χ1v) is 9.21. The zero-order chi connectivity index (χ0) is 16.6. The Morgan fingerprint density at radius 2 is 2.12 bits per heavy atom. The maximum atomic E-state index is 10.6. The molecule has 0 bridgehead atoms. The Balaban J connectivity index is 1.60. The molecule has 1 atom stereocenters. The molecule has 0 spiro atoms. The molecule has 0 aliphatic heterocycles. The standard InChI is InChI=1S/C16H15N5OS2/c1-16(22,12-3-2-7-24-12)10-17-13-4-5-14-18-19-15(21(14)20-13)11-6-8-23-9-11/h2-9,22H,10H2,1H3,(H,17,20). The molecule has 4 rings (SSSR count). The molecule has 2 N–H and O–H groups in total. The number of aromatic nitrogens is 4. The van der Waals surface area contributed by atoms with Gasteiger partial charge in [0.15, 0.2) is 11.5 Å². The predicted molar refractivity (Wildman–Crippen MR) is 96.5 cm³/mol.